The minimum absolute atomic E-state index is 0.177. The zero-order valence-corrected chi connectivity index (χ0v) is 14.9. The minimum Gasteiger partial charge on any atom is -0.493 e. The van der Waals surface area contributed by atoms with Crippen LogP contribution in [0.2, 0.25) is 10.0 Å². The van der Waals surface area contributed by atoms with Crippen LogP contribution in [0.3, 0.4) is 0 Å². The van der Waals surface area contributed by atoms with Gasteiger partial charge in [0.1, 0.15) is 5.75 Å². The lowest BCUT2D eigenvalue weighted by Crippen LogP contribution is -2.11. The molecule has 1 atom stereocenters. The van der Waals surface area contributed by atoms with Crippen LogP contribution < -0.4 is 4.74 Å². The van der Waals surface area contributed by atoms with Crippen molar-refractivity contribution in [3.8, 4) is 17.6 Å². The molecule has 128 valence electrons. The highest BCUT2D eigenvalue weighted by Gasteiger charge is 2.19. The highest BCUT2D eigenvalue weighted by molar-refractivity contribution is 6.34. The van der Waals surface area contributed by atoms with Crippen molar-refractivity contribution >= 4 is 29.2 Å². The number of benzene rings is 1. The Labute approximate surface area is 152 Å². The highest BCUT2D eigenvalue weighted by Crippen LogP contribution is 2.30. The summed E-state index contributed by atoms with van der Waals surface area (Å²) in [7, 11) is 0. The largest absolute Gasteiger partial charge is 0.493 e. The van der Waals surface area contributed by atoms with Crippen LogP contribution in [0.25, 0.3) is 0 Å². The second kappa shape index (κ2) is 9.61. The van der Waals surface area contributed by atoms with Crippen LogP contribution in [0.1, 0.15) is 38.5 Å². The molecule has 1 aromatic carbocycles. The predicted octanol–water partition coefficient (Wildman–Crippen LogP) is 5.36. The summed E-state index contributed by atoms with van der Waals surface area (Å²) in [6.45, 7) is 0.587. The normalized spacial score (nSPS) is 16.2. The summed E-state index contributed by atoms with van der Waals surface area (Å²) in [5.41, 5.74) is 1.30. The molecule has 2 rings (SSSR count). The van der Waals surface area contributed by atoms with Gasteiger partial charge in [0.2, 0.25) is 0 Å². The third-order valence-corrected chi connectivity index (χ3v) is 4.28. The SMILES string of the molecule is O=C(O)CCCC#CCC1=CCC[C@@H]1COc1cc(Cl)cc(Cl)c1. The number of rotatable bonds is 7. The second-order valence-corrected chi connectivity index (χ2v) is 6.62. The third-order valence-electron chi connectivity index (χ3n) is 3.84. The lowest BCUT2D eigenvalue weighted by Gasteiger charge is -2.15. The molecule has 5 heteroatoms. The number of ether oxygens (including phenoxy) is 1. The van der Waals surface area contributed by atoms with E-state index in [-0.39, 0.29) is 6.42 Å². The van der Waals surface area contributed by atoms with Gasteiger partial charge >= 0.3 is 5.97 Å². The van der Waals surface area contributed by atoms with E-state index in [1.54, 1.807) is 18.2 Å². The molecule has 0 saturated carbocycles. The first-order valence-electron chi connectivity index (χ1n) is 8.00. The van der Waals surface area contributed by atoms with Crippen LogP contribution in [0.15, 0.2) is 29.8 Å². The Kier molecular flexibility index (Phi) is 7.49. The van der Waals surface area contributed by atoms with Crippen molar-refractivity contribution in [1.29, 1.82) is 0 Å². The summed E-state index contributed by atoms with van der Waals surface area (Å²) < 4.78 is 5.83. The first kappa shape index (κ1) is 18.7. The van der Waals surface area contributed by atoms with Gasteiger partial charge in [-0.25, -0.2) is 0 Å². The molecule has 0 unspecified atom stereocenters. The maximum absolute atomic E-state index is 10.4. The Morgan fingerprint density at radius 1 is 1.25 bits per heavy atom. The number of hydrogen-bond acceptors (Lipinski definition) is 2. The van der Waals surface area contributed by atoms with E-state index in [0.29, 0.717) is 41.2 Å². The maximum Gasteiger partial charge on any atom is 0.303 e. The summed E-state index contributed by atoms with van der Waals surface area (Å²) in [5, 5.41) is 9.70. The summed E-state index contributed by atoms with van der Waals surface area (Å²) in [4.78, 5) is 10.4. The van der Waals surface area contributed by atoms with E-state index >= 15 is 0 Å². The molecular weight excluding hydrogens is 347 g/mol. The molecule has 1 N–H and O–H groups in total. The molecule has 0 saturated heterocycles. The molecule has 0 amide bonds. The van der Waals surface area contributed by atoms with Crippen molar-refractivity contribution in [2.45, 2.75) is 38.5 Å². The molecule has 0 radical (unpaired) electrons. The summed E-state index contributed by atoms with van der Waals surface area (Å²) in [6.07, 6.45) is 6.45. The molecule has 1 aliphatic carbocycles. The Morgan fingerprint density at radius 2 is 2.00 bits per heavy atom. The number of allylic oxidation sites excluding steroid dienone is 1. The number of carboxylic acids is 1. The Hall–Kier alpha value is -1.63. The number of unbranched alkanes of at least 4 members (excludes halogenated alkanes) is 1. The highest BCUT2D eigenvalue weighted by atomic mass is 35.5. The van der Waals surface area contributed by atoms with Gasteiger partial charge < -0.3 is 9.84 Å². The fourth-order valence-corrected chi connectivity index (χ4v) is 3.12. The summed E-state index contributed by atoms with van der Waals surface area (Å²) in [5.74, 6) is 6.45. The van der Waals surface area contributed by atoms with Crippen molar-refractivity contribution in [2.24, 2.45) is 5.92 Å². The van der Waals surface area contributed by atoms with Gasteiger partial charge in [-0.05, 0) is 37.5 Å². The van der Waals surface area contributed by atoms with Gasteiger partial charge in [0.05, 0.1) is 6.61 Å². The fraction of sp³-hybridized carbons (Fsp3) is 0.421. The lowest BCUT2D eigenvalue weighted by molar-refractivity contribution is -0.137. The average Bonchev–Trinajstić information content (AvgIpc) is 2.95. The summed E-state index contributed by atoms with van der Waals surface area (Å²) in [6, 6.07) is 5.19. The van der Waals surface area contributed by atoms with Crippen LogP contribution in [0.4, 0.5) is 0 Å². The van der Waals surface area contributed by atoms with Gasteiger partial charge in [-0.15, -0.1) is 5.92 Å². The Balaban J connectivity index is 1.78. The first-order chi connectivity index (χ1) is 11.5. The van der Waals surface area contributed by atoms with Gasteiger partial charge in [-0.1, -0.05) is 40.8 Å². The maximum atomic E-state index is 10.4. The molecule has 0 spiro atoms. The number of aliphatic carboxylic acids is 1. The molecule has 3 nitrogen and oxygen atoms in total. The predicted molar refractivity (Wildman–Crippen MR) is 96.6 cm³/mol. The van der Waals surface area contributed by atoms with Gasteiger partial charge in [0, 0.05) is 35.2 Å². The second-order valence-electron chi connectivity index (χ2n) is 5.75. The zero-order valence-electron chi connectivity index (χ0n) is 13.4. The van der Waals surface area contributed by atoms with Gasteiger partial charge in [-0.3, -0.25) is 4.79 Å². The standard InChI is InChI=1S/C19H20Cl2O3/c20-16-10-17(21)12-18(11-16)24-13-15-8-5-7-14(15)6-3-1-2-4-9-19(22)23/h7,10-12,15H,2,4-6,8-9,13H2,(H,22,23)/t15-/m1/s1. The molecule has 24 heavy (non-hydrogen) atoms. The van der Waals surface area contributed by atoms with E-state index in [0.717, 1.165) is 19.3 Å². The zero-order chi connectivity index (χ0) is 17.4. The molecule has 0 heterocycles. The molecule has 0 aromatic heterocycles. The quantitative estimate of drug-likeness (QED) is 0.401. The van der Waals surface area contributed by atoms with Gasteiger partial charge in [0.15, 0.2) is 0 Å². The van der Waals surface area contributed by atoms with Crippen molar-refractivity contribution in [2.75, 3.05) is 6.61 Å². The van der Waals surface area contributed by atoms with Crippen LogP contribution >= 0.6 is 23.2 Å². The summed E-state index contributed by atoms with van der Waals surface area (Å²) >= 11 is 11.9. The monoisotopic (exact) mass is 366 g/mol. The molecule has 1 aromatic rings. The van der Waals surface area contributed by atoms with Crippen molar-refractivity contribution in [3.05, 3.63) is 39.9 Å². The van der Waals surface area contributed by atoms with E-state index in [2.05, 4.69) is 17.9 Å². The minimum atomic E-state index is -0.770. The smallest absolute Gasteiger partial charge is 0.303 e. The topological polar surface area (TPSA) is 46.5 Å². The molecular formula is C19H20Cl2O3. The van der Waals surface area contributed by atoms with E-state index in [9.17, 15) is 4.79 Å². The fourth-order valence-electron chi connectivity index (χ4n) is 2.62. The molecule has 0 bridgehead atoms. The Morgan fingerprint density at radius 3 is 2.71 bits per heavy atom. The number of hydrogen-bond donors (Lipinski definition) is 1. The molecule has 0 fully saturated rings. The van der Waals surface area contributed by atoms with E-state index in [1.807, 2.05) is 0 Å². The van der Waals surface area contributed by atoms with Crippen molar-refractivity contribution in [3.63, 3.8) is 0 Å². The van der Waals surface area contributed by atoms with Gasteiger partial charge in [-0.2, -0.15) is 0 Å². The van der Waals surface area contributed by atoms with Crippen LogP contribution in [-0.2, 0) is 4.79 Å². The lowest BCUT2D eigenvalue weighted by atomic mass is 10.00. The van der Waals surface area contributed by atoms with Gasteiger partial charge in [0.25, 0.3) is 0 Å². The van der Waals surface area contributed by atoms with Crippen molar-refractivity contribution < 1.29 is 14.6 Å². The van der Waals surface area contributed by atoms with E-state index < -0.39 is 5.97 Å². The first-order valence-corrected chi connectivity index (χ1v) is 8.75. The number of carboxylic acid groups (broad SMARTS) is 1. The number of carbonyl (C=O) groups is 1. The van der Waals surface area contributed by atoms with E-state index in [4.69, 9.17) is 33.0 Å². The molecule has 1 aliphatic rings. The van der Waals surface area contributed by atoms with E-state index in [1.165, 1.54) is 5.57 Å². The number of halogens is 2. The molecule has 0 aliphatic heterocycles. The Bertz CT molecular complexity index is 651. The van der Waals surface area contributed by atoms with Crippen LogP contribution in [-0.4, -0.2) is 17.7 Å². The van der Waals surface area contributed by atoms with Crippen molar-refractivity contribution in [1.82, 2.24) is 0 Å². The van der Waals surface area contributed by atoms with Crippen LogP contribution in [0, 0.1) is 17.8 Å². The average molecular weight is 367 g/mol. The third kappa shape index (κ3) is 6.47. The van der Waals surface area contributed by atoms with Crippen LogP contribution in [0.5, 0.6) is 5.75 Å².